The number of nitrogens with zero attached hydrogens (tertiary/aromatic N) is 3. The Morgan fingerprint density at radius 1 is 1.35 bits per heavy atom. The molecule has 0 spiro atoms. The monoisotopic (exact) mass is 392 g/mol. The van der Waals surface area contributed by atoms with Gasteiger partial charge in [0.05, 0.1) is 18.6 Å². The average Bonchev–Trinajstić information content (AvgIpc) is 3.18. The molecule has 6 nitrogen and oxygen atoms in total. The molecular weight excluding hydrogens is 380 g/mol. The molecule has 0 saturated carbocycles. The van der Waals surface area contributed by atoms with E-state index in [1.54, 1.807) is 12.6 Å². The molecule has 1 N–H and O–H groups in total. The molecule has 1 amide bonds. The molecule has 0 bridgehead atoms. The lowest BCUT2D eigenvalue weighted by atomic mass is 10.3. The van der Waals surface area contributed by atoms with E-state index >= 15 is 0 Å². The Kier molecular flexibility index (Phi) is 5.14. The summed E-state index contributed by atoms with van der Waals surface area (Å²) in [6, 6.07) is 11.2. The zero-order valence-corrected chi connectivity index (χ0v) is 14.4. The fourth-order valence-corrected chi connectivity index (χ4v) is 3.04. The fraction of sp³-hybridized carbons (Fsp3) is 0.133. The molecule has 2 heterocycles. The Morgan fingerprint density at radius 3 is 3.04 bits per heavy atom. The number of amides is 1. The average molecular weight is 393 g/mol. The Morgan fingerprint density at radius 2 is 2.26 bits per heavy atom. The smallest absolute Gasteiger partial charge is 0.234 e. The highest BCUT2D eigenvalue weighted by molar-refractivity contribution is 9.10. The number of rotatable bonds is 6. The summed E-state index contributed by atoms with van der Waals surface area (Å²) in [5.41, 5.74) is 0.752. The molecule has 3 aromatic rings. The van der Waals surface area contributed by atoms with Crippen LogP contribution in [-0.2, 0) is 11.3 Å². The Balaban J connectivity index is 1.56. The van der Waals surface area contributed by atoms with Crippen molar-refractivity contribution in [3.05, 3.63) is 59.2 Å². The third-order valence-electron chi connectivity index (χ3n) is 2.93. The minimum Gasteiger partial charge on any atom is -0.467 e. The van der Waals surface area contributed by atoms with Gasteiger partial charge >= 0.3 is 0 Å². The van der Waals surface area contributed by atoms with E-state index in [9.17, 15) is 4.79 Å². The summed E-state index contributed by atoms with van der Waals surface area (Å²) in [4.78, 5) is 12.0. The van der Waals surface area contributed by atoms with Gasteiger partial charge < -0.3 is 14.3 Å². The van der Waals surface area contributed by atoms with Crippen molar-refractivity contribution in [1.29, 1.82) is 0 Å². The molecule has 0 atom stereocenters. The van der Waals surface area contributed by atoms with E-state index in [2.05, 4.69) is 31.4 Å². The molecule has 1 aromatic carbocycles. The normalized spacial score (nSPS) is 10.7. The van der Waals surface area contributed by atoms with E-state index in [-0.39, 0.29) is 11.7 Å². The minimum absolute atomic E-state index is 0.0966. The summed E-state index contributed by atoms with van der Waals surface area (Å²) in [6.07, 6.45) is 3.25. The molecule has 0 radical (unpaired) electrons. The van der Waals surface area contributed by atoms with E-state index < -0.39 is 0 Å². The Bertz CT molecular complexity index is 788. The number of aromatic nitrogens is 3. The van der Waals surface area contributed by atoms with Crippen molar-refractivity contribution < 1.29 is 9.21 Å². The number of nitrogens with one attached hydrogen (secondary N) is 1. The van der Waals surface area contributed by atoms with Crippen molar-refractivity contribution in [2.75, 3.05) is 11.1 Å². The van der Waals surface area contributed by atoms with E-state index in [4.69, 9.17) is 4.42 Å². The molecular formula is C15H13BrN4O2S. The SMILES string of the molecule is O=C(CSc1nncn1Cc1ccco1)Nc1cccc(Br)c1. The van der Waals surface area contributed by atoms with Gasteiger partial charge in [0.1, 0.15) is 12.1 Å². The summed E-state index contributed by atoms with van der Waals surface area (Å²) in [6.45, 7) is 0.537. The van der Waals surface area contributed by atoms with Crippen molar-refractivity contribution in [3.63, 3.8) is 0 Å². The predicted molar refractivity (Wildman–Crippen MR) is 91.3 cm³/mol. The van der Waals surface area contributed by atoms with Crippen LogP contribution in [0.5, 0.6) is 0 Å². The van der Waals surface area contributed by atoms with Crippen LogP contribution in [0, 0.1) is 0 Å². The molecule has 23 heavy (non-hydrogen) atoms. The first-order valence-electron chi connectivity index (χ1n) is 6.79. The third-order valence-corrected chi connectivity index (χ3v) is 4.40. The minimum atomic E-state index is -0.0966. The van der Waals surface area contributed by atoms with Crippen LogP contribution in [0.3, 0.4) is 0 Å². The van der Waals surface area contributed by atoms with E-state index in [1.807, 2.05) is 41.0 Å². The number of hydrogen-bond acceptors (Lipinski definition) is 5. The van der Waals surface area contributed by atoms with Crippen molar-refractivity contribution in [2.45, 2.75) is 11.7 Å². The molecule has 0 saturated heterocycles. The standard InChI is InChI=1S/C15H13BrN4O2S/c16-11-3-1-4-12(7-11)18-14(21)9-23-15-19-17-10-20(15)8-13-5-2-6-22-13/h1-7,10H,8-9H2,(H,18,21). The van der Waals surface area contributed by atoms with Crippen LogP contribution >= 0.6 is 27.7 Å². The van der Waals surface area contributed by atoms with Gasteiger partial charge in [-0.1, -0.05) is 33.8 Å². The molecule has 3 rings (SSSR count). The summed E-state index contributed by atoms with van der Waals surface area (Å²) in [5.74, 6) is 0.967. The van der Waals surface area contributed by atoms with Gasteiger partial charge in [0.15, 0.2) is 5.16 Å². The van der Waals surface area contributed by atoms with Gasteiger partial charge in [-0.3, -0.25) is 4.79 Å². The van der Waals surface area contributed by atoms with E-state index in [0.717, 1.165) is 15.9 Å². The quantitative estimate of drug-likeness (QED) is 0.650. The molecule has 0 aliphatic heterocycles. The van der Waals surface area contributed by atoms with Crippen LogP contribution in [0.25, 0.3) is 0 Å². The maximum Gasteiger partial charge on any atom is 0.234 e. The molecule has 118 valence electrons. The van der Waals surface area contributed by atoms with Crippen LogP contribution in [0.15, 0.2) is 63.0 Å². The molecule has 0 fully saturated rings. The second-order valence-electron chi connectivity index (χ2n) is 4.67. The number of furan rings is 1. The number of halogens is 1. The largest absolute Gasteiger partial charge is 0.467 e. The first kappa shape index (κ1) is 15.8. The Labute approximate surface area is 145 Å². The van der Waals surface area contributed by atoms with Crippen LogP contribution < -0.4 is 5.32 Å². The van der Waals surface area contributed by atoms with Crippen LogP contribution in [0.1, 0.15) is 5.76 Å². The molecule has 2 aromatic heterocycles. The van der Waals surface area contributed by atoms with E-state index in [0.29, 0.717) is 11.7 Å². The number of carbonyl (C=O) groups is 1. The molecule has 0 aliphatic rings. The number of carbonyl (C=O) groups excluding carboxylic acids is 1. The predicted octanol–water partition coefficient (Wildman–Crippen LogP) is 3.41. The zero-order valence-electron chi connectivity index (χ0n) is 12.0. The highest BCUT2D eigenvalue weighted by Gasteiger charge is 2.10. The second-order valence-corrected chi connectivity index (χ2v) is 6.53. The summed E-state index contributed by atoms with van der Waals surface area (Å²) in [5, 5.41) is 11.4. The lowest BCUT2D eigenvalue weighted by molar-refractivity contribution is -0.113. The fourth-order valence-electron chi connectivity index (χ4n) is 1.93. The van der Waals surface area contributed by atoms with Crippen molar-refractivity contribution in [1.82, 2.24) is 14.8 Å². The Hall–Kier alpha value is -2.06. The zero-order chi connectivity index (χ0) is 16.1. The summed E-state index contributed by atoms with van der Waals surface area (Å²) < 4.78 is 8.07. The second kappa shape index (κ2) is 7.47. The molecule has 8 heteroatoms. The van der Waals surface area contributed by atoms with E-state index in [1.165, 1.54) is 11.8 Å². The van der Waals surface area contributed by atoms with Crippen molar-refractivity contribution >= 4 is 39.3 Å². The summed E-state index contributed by atoms with van der Waals surface area (Å²) in [7, 11) is 0. The van der Waals surface area contributed by atoms with Crippen molar-refractivity contribution in [3.8, 4) is 0 Å². The lowest BCUT2D eigenvalue weighted by Gasteiger charge is -2.06. The highest BCUT2D eigenvalue weighted by atomic mass is 79.9. The summed E-state index contributed by atoms with van der Waals surface area (Å²) >= 11 is 4.70. The third kappa shape index (κ3) is 4.46. The van der Waals surface area contributed by atoms with Gasteiger partial charge in [0.25, 0.3) is 0 Å². The number of benzene rings is 1. The van der Waals surface area contributed by atoms with Crippen LogP contribution in [0.2, 0.25) is 0 Å². The van der Waals surface area contributed by atoms with Gasteiger partial charge in [0.2, 0.25) is 5.91 Å². The lowest BCUT2D eigenvalue weighted by Crippen LogP contribution is -2.14. The van der Waals surface area contributed by atoms with Gasteiger partial charge in [-0.15, -0.1) is 10.2 Å². The molecule has 0 aliphatic carbocycles. The van der Waals surface area contributed by atoms with Gasteiger partial charge in [-0.05, 0) is 30.3 Å². The highest BCUT2D eigenvalue weighted by Crippen LogP contribution is 2.19. The van der Waals surface area contributed by atoms with Crippen LogP contribution in [-0.4, -0.2) is 26.4 Å². The van der Waals surface area contributed by atoms with Crippen LogP contribution in [0.4, 0.5) is 5.69 Å². The maximum absolute atomic E-state index is 12.0. The number of hydrogen-bond donors (Lipinski definition) is 1. The number of thioether (sulfide) groups is 1. The first-order valence-corrected chi connectivity index (χ1v) is 8.57. The van der Waals surface area contributed by atoms with Crippen molar-refractivity contribution in [2.24, 2.45) is 0 Å². The van der Waals surface area contributed by atoms with Gasteiger partial charge in [-0.25, -0.2) is 0 Å². The van der Waals surface area contributed by atoms with Gasteiger partial charge in [-0.2, -0.15) is 0 Å². The van der Waals surface area contributed by atoms with Gasteiger partial charge in [0, 0.05) is 10.2 Å². The molecule has 0 unspecified atom stereocenters. The first-order chi connectivity index (χ1) is 11.2. The maximum atomic E-state index is 12.0. The topological polar surface area (TPSA) is 73.0 Å². The number of anilines is 1.